The minimum Gasteiger partial charge on any atom is -0.473 e. The van der Waals surface area contributed by atoms with E-state index in [2.05, 4.69) is 9.97 Å². The summed E-state index contributed by atoms with van der Waals surface area (Å²) in [5.74, 6) is -0.399. The molecule has 1 heterocycles. The summed E-state index contributed by atoms with van der Waals surface area (Å²) in [7, 11) is 0. The van der Waals surface area contributed by atoms with Gasteiger partial charge < -0.3 is 4.74 Å². The van der Waals surface area contributed by atoms with E-state index in [0.29, 0.717) is 11.6 Å². The minimum absolute atomic E-state index is 0.211. The number of hydrogen-bond donors (Lipinski definition) is 0. The van der Waals surface area contributed by atoms with Crippen LogP contribution in [-0.4, -0.2) is 9.97 Å². The lowest BCUT2D eigenvalue weighted by Crippen LogP contribution is -1.98. The second-order valence-corrected chi connectivity index (χ2v) is 3.53. The summed E-state index contributed by atoms with van der Waals surface area (Å²) >= 11 is 5.74. The van der Waals surface area contributed by atoms with Gasteiger partial charge in [-0.2, -0.15) is 4.39 Å². The highest BCUT2D eigenvalue weighted by atomic mass is 35.5. The summed E-state index contributed by atoms with van der Waals surface area (Å²) in [6.45, 7) is 0.313. The maximum Gasteiger partial charge on any atom is 0.219 e. The number of rotatable bonds is 3. The van der Waals surface area contributed by atoms with Crippen LogP contribution in [0.4, 0.5) is 4.39 Å². The first-order chi connectivity index (χ1) is 7.74. The van der Waals surface area contributed by atoms with Gasteiger partial charge in [-0.1, -0.05) is 23.7 Å². The fourth-order valence-electron chi connectivity index (χ4n) is 1.13. The standard InChI is InChI=1S/C11H8ClFN2O/c12-9-3-1-8(2-4-9)6-16-11-5-10(13)14-7-15-11/h1-5,7H,6H2. The maximum atomic E-state index is 12.7. The molecule has 0 bridgehead atoms. The fourth-order valence-corrected chi connectivity index (χ4v) is 1.26. The minimum atomic E-state index is -0.610. The van der Waals surface area contributed by atoms with Crippen molar-refractivity contribution in [2.45, 2.75) is 6.61 Å². The summed E-state index contributed by atoms with van der Waals surface area (Å²) in [6, 6.07) is 8.33. The number of nitrogens with zero attached hydrogens (tertiary/aromatic N) is 2. The van der Waals surface area contributed by atoms with Crippen molar-refractivity contribution < 1.29 is 9.13 Å². The zero-order valence-corrected chi connectivity index (χ0v) is 8.99. The van der Waals surface area contributed by atoms with Crippen LogP contribution >= 0.6 is 11.6 Å². The van der Waals surface area contributed by atoms with E-state index in [1.807, 2.05) is 12.1 Å². The molecular formula is C11H8ClFN2O. The topological polar surface area (TPSA) is 35.0 Å². The molecule has 0 unspecified atom stereocenters. The first-order valence-electron chi connectivity index (χ1n) is 4.59. The van der Waals surface area contributed by atoms with Crippen LogP contribution < -0.4 is 4.74 Å². The van der Waals surface area contributed by atoms with Gasteiger partial charge in [0.2, 0.25) is 11.8 Å². The SMILES string of the molecule is Fc1cc(OCc2ccc(Cl)cc2)ncn1. The zero-order valence-electron chi connectivity index (χ0n) is 8.23. The Labute approximate surface area is 96.9 Å². The molecule has 3 nitrogen and oxygen atoms in total. The number of hydrogen-bond acceptors (Lipinski definition) is 3. The summed E-state index contributed by atoms with van der Waals surface area (Å²) in [4.78, 5) is 7.10. The van der Waals surface area contributed by atoms with Gasteiger partial charge in [0.05, 0.1) is 6.07 Å². The van der Waals surface area contributed by atoms with E-state index < -0.39 is 5.95 Å². The van der Waals surface area contributed by atoms with E-state index in [4.69, 9.17) is 16.3 Å². The molecule has 2 rings (SSSR count). The molecular weight excluding hydrogens is 231 g/mol. The Bertz CT molecular complexity index is 476. The van der Waals surface area contributed by atoms with Gasteiger partial charge in [-0.15, -0.1) is 0 Å². The van der Waals surface area contributed by atoms with Gasteiger partial charge in [-0.3, -0.25) is 0 Å². The van der Waals surface area contributed by atoms with Crippen molar-refractivity contribution in [3.8, 4) is 5.88 Å². The van der Waals surface area contributed by atoms with Crippen molar-refractivity contribution in [1.82, 2.24) is 9.97 Å². The predicted molar refractivity (Wildman–Crippen MR) is 57.8 cm³/mol. The van der Waals surface area contributed by atoms with Gasteiger partial charge in [-0.25, -0.2) is 9.97 Å². The molecule has 1 aromatic heterocycles. The first-order valence-corrected chi connectivity index (χ1v) is 4.96. The Morgan fingerprint density at radius 1 is 1.19 bits per heavy atom. The third kappa shape index (κ3) is 2.90. The largest absolute Gasteiger partial charge is 0.473 e. The van der Waals surface area contributed by atoms with Gasteiger partial charge in [-0.05, 0) is 17.7 Å². The molecule has 0 aliphatic heterocycles. The smallest absolute Gasteiger partial charge is 0.219 e. The summed E-state index contributed by atoms with van der Waals surface area (Å²) in [5.41, 5.74) is 0.934. The van der Waals surface area contributed by atoms with E-state index in [1.54, 1.807) is 12.1 Å². The normalized spacial score (nSPS) is 10.1. The quantitative estimate of drug-likeness (QED) is 0.772. The lowest BCUT2D eigenvalue weighted by molar-refractivity contribution is 0.290. The monoisotopic (exact) mass is 238 g/mol. The van der Waals surface area contributed by atoms with Crippen LogP contribution in [0.2, 0.25) is 5.02 Å². The number of ether oxygens (including phenoxy) is 1. The average molecular weight is 239 g/mol. The van der Waals surface area contributed by atoms with Gasteiger partial charge >= 0.3 is 0 Å². The molecule has 0 spiro atoms. The van der Waals surface area contributed by atoms with Gasteiger partial charge in [0.1, 0.15) is 12.9 Å². The molecule has 82 valence electrons. The summed E-state index contributed by atoms with van der Waals surface area (Å²) in [6.07, 6.45) is 1.12. The third-order valence-corrected chi connectivity index (χ3v) is 2.16. The molecule has 0 radical (unpaired) electrons. The Morgan fingerprint density at radius 3 is 2.62 bits per heavy atom. The lowest BCUT2D eigenvalue weighted by Gasteiger charge is -2.04. The molecule has 0 amide bonds. The van der Waals surface area contributed by atoms with Crippen LogP contribution in [0.5, 0.6) is 5.88 Å². The Hall–Kier alpha value is -1.68. The highest BCUT2D eigenvalue weighted by Crippen LogP contribution is 2.12. The number of aromatic nitrogens is 2. The van der Waals surface area contributed by atoms with E-state index in [-0.39, 0.29) is 5.88 Å². The highest BCUT2D eigenvalue weighted by molar-refractivity contribution is 6.30. The number of benzene rings is 1. The number of halogens is 2. The molecule has 5 heteroatoms. The van der Waals surface area contributed by atoms with Crippen molar-refractivity contribution >= 4 is 11.6 Å². The molecule has 1 aromatic carbocycles. The van der Waals surface area contributed by atoms with Gasteiger partial charge in [0, 0.05) is 5.02 Å². The second kappa shape index (κ2) is 4.90. The molecule has 0 aliphatic carbocycles. The van der Waals surface area contributed by atoms with Crippen LogP contribution in [-0.2, 0) is 6.61 Å². The molecule has 0 fully saturated rings. The van der Waals surface area contributed by atoms with Crippen LogP contribution in [0.3, 0.4) is 0 Å². The Kier molecular flexibility index (Phi) is 3.31. The zero-order chi connectivity index (χ0) is 11.4. The Morgan fingerprint density at radius 2 is 1.94 bits per heavy atom. The molecule has 16 heavy (non-hydrogen) atoms. The van der Waals surface area contributed by atoms with Crippen LogP contribution in [0, 0.1) is 5.95 Å². The van der Waals surface area contributed by atoms with Crippen molar-refractivity contribution in [2.24, 2.45) is 0 Å². The van der Waals surface area contributed by atoms with Crippen molar-refractivity contribution in [1.29, 1.82) is 0 Å². The van der Waals surface area contributed by atoms with Crippen molar-refractivity contribution in [2.75, 3.05) is 0 Å². The summed E-state index contributed by atoms with van der Waals surface area (Å²) < 4.78 is 18.0. The van der Waals surface area contributed by atoms with Crippen LogP contribution in [0.1, 0.15) is 5.56 Å². The molecule has 0 saturated heterocycles. The predicted octanol–water partition coefficient (Wildman–Crippen LogP) is 2.85. The van der Waals surface area contributed by atoms with Crippen molar-refractivity contribution in [3.05, 3.63) is 53.2 Å². The molecule has 0 atom stereocenters. The fraction of sp³-hybridized carbons (Fsp3) is 0.0909. The second-order valence-electron chi connectivity index (χ2n) is 3.09. The lowest BCUT2D eigenvalue weighted by atomic mass is 10.2. The highest BCUT2D eigenvalue weighted by Gasteiger charge is 1.99. The molecule has 0 aliphatic rings. The van der Waals surface area contributed by atoms with E-state index in [9.17, 15) is 4.39 Å². The van der Waals surface area contributed by atoms with Crippen LogP contribution in [0.25, 0.3) is 0 Å². The average Bonchev–Trinajstić information content (AvgIpc) is 2.28. The van der Waals surface area contributed by atoms with E-state index in [1.165, 1.54) is 0 Å². The molecule has 0 N–H and O–H groups in total. The van der Waals surface area contributed by atoms with Crippen LogP contribution in [0.15, 0.2) is 36.7 Å². The summed E-state index contributed by atoms with van der Waals surface area (Å²) in [5, 5.41) is 0.664. The maximum absolute atomic E-state index is 12.7. The van der Waals surface area contributed by atoms with Gasteiger partial charge in [0.25, 0.3) is 0 Å². The van der Waals surface area contributed by atoms with E-state index >= 15 is 0 Å². The molecule has 0 saturated carbocycles. The third-order valence-electron chi connectivity index (χ3n) is 1.91. The van der Waals surface area contributed by atoms with E-state index in [0.717, 1.165) is 18.0 Å². The molecule has 2 aromatic rings. The first kappa shape index (κ1) is 10.8. The van der Waals surface area contributed by atoms with Crippen molar-refractivity contribution in [3.63, 3.8) is 0 Å². The van der Waals surface area contributed by atoms with Gasteiger partial charge in [0.15, 0.2) is 0 Å². The Balaban J connectivity index is 1.99.